The van der Waals surface area contributed by atoms with Crippen LogP contribution in [-0.2, 0) is 9.63 Å². The summed E-state index contributed by atoms with van der Waals surface area (Å²) >= 11 is 0. The maximum Gasteiger partial charge on any atom is 0.269 e. The number of carbonyl (C=O) groups is 1. The summed E-state index contributed by atoms with van der Waals surface area (Å²) in [5, 5.41) is 10.1. The predicted octanol–water partition coefficient (Wildman–Crippen LogP) is 1.08. The van der Waals surface area contributed by atoms with E-state index >= 15 is 0 Å². The van der Waals surface area contributed by atoms with Crippen molar-refractivity contribution in [2.75, 3.05) is 19.6 Å². The summed E-state index contributed by atoms with van der Waals surface area (Å²) in [5.74, 6) is 0.379. The van der Waals surface area contributed by atoms with Crippen LogP contribution in [0.1, 0.15) is 33.1 Å². The van der Waals surface area contributed by atoms with Crippen molar-refractivity contribution in [1.82, 2.24) is 10.6 Å². The second-order valence-electron chi connectivity index (χ2n) is 5.34. The van der Waals surface area contributed by atoms with E-state index in [2.05, 4.69) is 29.6 Å². The van der Waals surface area contributed by atoms with E-state index < -0.39 is 0 Å². The van der Waals surface area contributed by atoms with E-state index in [0.29, 0.717) is 24.6 Å². The van der Waals surface area contributed by atoms with Crippen molar-refractivity contribution in [2.24, 2.45) is 11.1 Å². The molecule has 2 N–H and O–H groups in total. The van der Waals surface area contributed by atoms with Crippen LogP contribution in [0.15, 0.2) is 5.16 Å². The lowest BCUT2D eigenvalue weighted by Crippen LogP contribution is -2.43. The summed E-state index contributed by atoms with van der Waals surface area (Å²) in [6, 6.07) is 0. The Labute approximate surface area is 114 Å². The molecule has 0 aliphatic carbocycles. The van der Waals surface area contributed by atoms with Gasteiger partial charge in [-0.1, -0.05) is 19.0 Å². The Bertz CT molecular complexity index is 325. The smallest absolute Gasteiger partial charge is 0.269 e. The maximum absolute atomic E-state index is 11.8. The number of nitrogens with one attached hydrogen (secondary N) is 2. The summed E-state index contributed by atoms with van der Waals surface area (Å²) in [5.41, 5.74) is 0.336. The second-order valence-corrected chi connectivity index (χ2v) is 5.34. The van der Waals surface area contributed by atoms with Crippen molar-refractivity contribution >= 4 is 24.0 Å². The van der Waals surface area contributed by atoms with Crippen LogP contribution in [-0.4, -0.2) is 36.9 Å². The van der Waals surface area contributed by atoms with Gasteiger partial charge in [-0.3, -0.25) is 4.79 Å². The Morgan fingerprint density at radius 3 is 2.78 bits per heavy atom. The molecular formula is C12H22ClN3O2. The summed E-state index contributed by atoms with van der Waals surface area (Å²) in [6.45, 7) is 6.71. The number of amides is 1. The Morgan fingerprint density at radius 1 is 1.50 bits per heavy atom. The first-order valence-corrected chi connectivity index (χ1v) is 6.35. The standard InChI is InChI=1S/C12H21N3O2.ClH/c1-9(2)8-14-11(16)10-7-12(17-15-10)3-5-13-6-4-12;/h9,13H,3-8H2,1-2H3,(H,14,16);1H. The Balaban J connectivity index is 0.00000162. The van der Waals surface area contributed by atoms with Gasteiger partial charge in [-0.25, -0.2) is 0 Å². The highest BCUT2D eigenvalue weighted by Crippen LogP contribution is 2.32. The molecule has 0 saturated carbocycles. The summed E-state index contributed by atoms with van der Waals surface area (Å²) in [7, 11) is 0. The predicted molar refractivity (Wildman–Crippen MR) is 73.1 cm³/mol. The molecule has 0 aromatic carbocycles. The van der Waals surface area contributed by atoms with Gasteiger partial charge in [-0.2, -0.15) is 0 Å². The van der Waals surface area contributed by atoms with E-state index in [4.69, 9.17) is 4.84 Å². The van der Waals surface area contributed by atoms with E-state index in [1.165, 1.54) is 0 Å². The highest BCUT2D eigenvalue weighted by atomic mass is 35.5. The molecule has 2 heterocycles. The average Bonchev–Trinajstić information content (AvgIpc) is 2.71. The van der Waals surface area contributed by atoms with Crippen LogP contribution in [0.3, 0.4) is 0 Å². The minimum absolute atomic E-state index is 0. The van der Waals surface area contributed by atoms with Crippen molar-refractivity contribution in [2.45, 2.75) is 38.7 Å². The number of halogens is 1. The van der Waals surface area contributed by atoms with Gasteiger partial charge in [-0.05, 0) is 19.0 Å². The third-order valence-electron chi connectivity index (χ3n) is 3.29. The van der Waals surface area contributed by atoms with Crippen LogP contribution in [0.4, 0.5) is 0 Å². The fraction of sp³-hybridized carbons (Fsp3) is 0.833. The fourth-order valence-electron chi connectivity index (χ4n) is 2.19. The highest BCUT2D eigenvalue weighted by molar-refractivity contribution is 6.39. The molecule has 2 rings (SSSR count). The summed E-state index contributed by atoms with van der Waals surface area (Å²) in [6.07, 6.45) is 2.51. The minimum Gasteiger partial charge on any atom is -0.388 e. The lowest BCUT2D eigenvalue weighted by atomic mass is 9.87. The molecule has 1 saturated heterocycles. The van der Waals surface area contributed by atoms with Crippen molar-refractivity contribution in [3.63, 3.8) is 0 Å². The number of rotatable bonds is 3. The Kier molecular flexibility index (Phi) is 5.41. The number of nitrogens with zero attached hydrogens (tertiary/aromatic N) is 1. The molecule has 1 spiro atoms. The van der Waals surface area contributed by atoms with Crippen LogP contribution in [0.25, 0.3) is 0 Å². The number of piperidine rings is 1. The van der Waals surface area contributed by atoms with Crippen LogP contribution in [0, 0.1) is 5.92 Å². The van der Waals surface area contributed by atoms with Gasteiger partial charge in [0.1, 0.15) is 11.3 Å². The van der Waals surface area contributed by atoms with Gasteiger partial charge >= 0.3 is 0 Å². The quantitative estimate of drug-likeness (QED) is 0.810. The number of oxime groups is 1. The number of carbonyl (C=O) groups excluding carboxylic acids is 1. The van der Waals surface area contributed by atoms with Gasteiger partial charge in [0.25, 0.3) is 5.91 Å². The van der Waals surface area contributed by atoms with E-state index in [-0.39, 0.29) is 23.9 Å². The van der Waals surface area contributed by atoms with E-state index in [9.17, 15) is 4.79 Å². The third kappa shape index (κ3) is 3.59. The first kappa shape index (κ1) is 15.2. The van der Waals surface area contributed by atoms with Crippen LogP contribution in [0.2, 0.25) is 0 Å². The Hall–Kier alpha value is -0.810. The average molecular weight is 276 g/mol. The van der Waals surface area contributed by atoms with Crippen molar-refractivity contribution in [3.8, 4) is 0 Å². The molecule has 0 aromatic heterocycles. The van der Waals surface area contributed by atoms with Gasteiger partial charge in [0.05, 0.1) is 0 Å². The van der Waals surface area contributed by atoms with Crippen LogP contribution in [0.5, 0.6) is 0 Å². The molecule has 18 heavy (non-hydrogen) atoms. The van der Waals surface area contributed by atoms with Crippen LogP contribution >= 0.6 is 12.4 Å². The number of hydrogen-bond acceptors (Lipinski definition) is 4. The molecule has 104 valence electrons. The molecule has 0 bridgehead atoms. The normalized spacial score (nSPS) is 21.2. The molecule has 0 atom stereocenters. The SMILES string of the molecule is CC(C)CNC(=O)C1=NOC2(CCNCC2)C1.Cl. The second kappa shape index (κ2) is 6.38. The zero-order valence-corrected chi connectivity index (χ0v) is 11.8. The lowest BCUT2D eigenvalue weighted by molar-refractivity contribution is -0.115. The summed E-state index contributed by atoms with van der Waals surface area (Å²) in [4.78, 5) is 17.3. The first-order chi connectivity index (χ1) is 8.11. The zero-order chi connectivity index (χ0) is 12.3. The molecule has 5 nitrogen and oxygen atoms in total. The first-order valence-electron chi connectivity index (χ1n) is 6.35. The molecule has 2 aliphatic heterocycles. The maximum atomic E-state index is 11.8. The molecule has 0 unspecified atom stereocenters. The van der Waals surface area contributed by atoms with Gasteiger partial charge < -0.3 is 15.5 Å². The topological polar surface area (TPSA) is 62.7 Å². The molecule has 6 heteroatoms. The van der Waals surface area contributed by atoms with Gasteiger partial charge in [0.15, 0.2) is 0 Å². The van der Waals surface area contributed by atoms with Crippen molar-refractivity contribution in [1.29, 1.82) is 0 Å². The molecule has 1 fully saturated rings. The zero-order valence-electron chi connectivity index (χ0n) is 11.0. The number of hydrogen-bond donors (Lipinski definition) is 2. The molecular weight excluding hydrogens is 254 g/mol. The van der Waals surface area contributed by atoms with Crippen LogP contribution < -0.4 is 10.6 Å². The van der Waals surface area contributed by atoms with Gasteiger partial charge in [0, 0.05) is 25.8 Å². The largest absolute Gasteiger partial charge is 0.388 e. The Morgan fingerprint density at radius 2 is 2.17 bits per heavy atom. The minimum atomic E-state index is -0.213. The summed E-state index contributed by atoms with van der Waals surface area (Å²) < 4.78 is 0. The lowest BCUT2D eigenvalue weighted by Gasteiger charge is -2.30. The van der Waals surface area contributed by atoms with Crippen molar-refractivity contribution in [3.05, 3.63) is 0 Å². The van der Waals surface area contributed by atoms with E-state index in [0.717, 1.165) is 25.9 Å². The highest BCUT2D eigenvalue weighted by Gasteiger charge is 2.41. The van der Waals surface area contributed by atoms with E-state index in [1.54, 1.807) is 0 Å². The molecule has 1 amide bonds. The molecule has 2 aliphatic rings. The monoisotopic (exact) mass is 275 g/mol. The molecule has 0 radical (unpaired) electrons. The van der Waals surface area contributed by atoms with Crippen molar-refractivity contribution < 1.29 is 9.63 Å². The van der Waals surface area contributed by atoms with Gasteiger partial charge in [0.2, 0.25) is 0 Å². The van der Waals surface area contributed by atoms with E-state index in [1.807, 2.05) is 0 Å². The third-order valence-corrected chi connectivity index (χ3v) is 3.29. The molecule has 0 aromatic rings. The fourth-order valence-corrected chi connectivity index (χ4v) is 2.19. The van der Waals surface area contributed by atoms with Gasteiger partial charge in [-0.15, -0.1) is 12.4 Å².